The van der Waals surface area contributed by atoms with Gasteiger partial charge in [-0.1, -0.05) is 32.0 Å². The van der Waals surface area contributed by atoms with Gasteiger partial charge in [0.2, 0.25) is 0 Å². The highest BCUT2D eigenvalue weighted by Gasteiger charge is 2.21. The third-order valence-corrected chi connectivity index (χ3v) is 3.72. The summed E-state index contributed by atoms with van der Waals surface area (Å²) < 4.78 is 6.63. The highest BCUT2D eigenvalue weighted by molar-refractivity contribution is 6.03. The Morgan fingerprint density at radius 3 is 2.61 bits per heavy atom. The van der Waals surface area contributed by atoms with Crippen LogP contribution in [0.3, 0.4) is 0 Å². The van der Waals surface area contributed by atoms with Gasteiger partial charge in [0.05, 0.1) is 19.3 Å². The summed E-state index contributed by atoms with van der Waals surface area (Å²) in [5.74, 6) is -0.942. The van der Waals surface area contributed by atoms with Crippen molar-refractivity contribution in [1.29, 1.82) is 0 Å². The average molecular weight is 318 g/mol. The summed E-state index contributed by atoms with van der Waals surface area (Å²) in [5, 5.41) is 13.1. The van der Waals surface area contributed by atoms with E-state index in [4.69, 9.17) is 4.74 Å². The van der Waals surface area contributed by atoms with E-state index in [2.05, 4.69) is 5.32 Å². The number of rotatable bonds is 7. The highest BCUT2D eigenvalue weighted by Crippen LogP contribution is 2.21. The third kappa shape index (κ3) is 3.90. The molecule has 2 N–H and O–H groups in total. The SMILES string of the molecule is COC(=O)C(CC(C)C)NCn1cc(C(=O)O)c2ccccc21. The standard InChI is InChI=1S/C17H22N2O4/c1-11(2)8-14(17(22)23-3)18-10-19-9-13(16(20)21)12-6-4-5-7-15(12)19/h4-7,9,11,14,18H,8,10H2,1-3H3,(H,20,21). The molecule has 0 aliphatic heterocycles. The van der Waals surface area contributed by atoms with Crippen molar-refractivity contribution in [2.75, 3.05) is 7.11 Å². The van der Waals surface area contributed by atoms with Crippen LogP contribution in [0.1, 0.15) is 30.6 Å². The Morgan fingerprint density at radius 2 is 2.00 bits per heavy atom. The van der Waals surface area contributed by atoms with E-state index < -0.39 is 12.0 Å². The predicted octanol–water partition coefficient (Wildman–Crippen LogP) is 2.47. The van der Waals surface area contributed by atoms with E-state index in [0.717, 1.165) is 5.52 Å². The molecule has 2 rings (SSSR count). The molecule has 0 aliphatic carbocycles. The lowest BCUT2D eigenvalue weighted by atomic mass is 10.0. The summed E-state index contributed by atoms with van der Waals surface area (Å²) in [5.41, 5.74) is 1.06. The fourth-order valence-corrected chi connectivity index (χ4v) is 2.63. The number of hydrogen-bond acceptors (Lipinski definition) is 4. The molecule has 0 fully saturated rings. The molecular weight excluding hydrogens is 296 g/mol. The van der Waals surface area contributed by atoms with Crippen LogP contribution in [-0.2, 0) is 16.2 Å². The van der Waals surface area contributed by atoms with E-state index in [1.54, 1.807) is 16.8 Å². The number of carbonyl (C=O) groups is 2. The van der Waals surface area contributed by atoms with E-state index in [1.165, 1.54) is 7.11 Å². The van der Waals surface area contributed by atoms with Crippen molar-refractivity contribution in [3.63, 3.8) is 0 Å². The van der Waals surface area contributed by atoms with Crippen LogP contribution < -0.4 is 5.32 Å². The second-order valence-electron chi connectivity index (χ2n) is 5.90. The molecule has 1 atom stereocenters. The number of carboxylic acid groups (broad SMARTS) is 1. The van der Waals surface area contributed by atoms with Crippen molar-refractivity contribution in [3.05, 3.63) is 36.0 Å². The first-order valence-electron chi connectivity index (χ1n) is 7.56. The number of para-hydroxylation sites is 1. The van der Waals surface area contributed by atoms with E-state index in [-0.39, 0.29) is 11.5 Å². The van der Waals surface area contributed by atoms with Crippen molar-refractivity contribution in [2.24, 2.45) is 5.92 Å². The second-order valence-corrected chi connectivity index (χ2v) is 5.90. The molecule has 0 saturated heterocycles. The van der Waals surface area contributed by atoms with Crippen LogP contribution in [0.15, 0.2) is 30.5 Å². The maximum Gasteiger partial charge on any atom is 0.337 e. The van der Waals surface area contributed by atoms with Gasteiger partial charge in [-0.05, 0) is 18.4 Å². The van der Waals surface area contributed by atoms with Gasteiger partial charge in [0, 0.05) is 17.1 Å². The Hall–Kier alpha value is -2.34. The smallest absolute Gasteiger partial charge is 0.337 e. The molecule has 124 valence electrons. The summed E-state index contributed by atoms with van der Waals surface area (Å²) >= 11 is 0. The van der Waals surface area contributed by atoms with Crippen LogP contribution >= 0.6 is 0 Å². The first-order valence-corrected chi connectivity index (χ1v) is 7.56. The number of esters is 1. The highest BCUT2D eigenvalue weighted by atomic mass is 16.5. The fraction of sp³-hybridized carbons (Fsp3) is 0.412. The number of aromatic nitrogens is 1. The van der Waals surface area contributed by atoms with E-state index in [1.807, 2.05) is 32.0 Å². The van der Waals surface area contributed by atoms with Gasteiger partial charge in [-0.15, -0.1) is 0 Å². The summed E-state index contributed by atoms with van der Waals surface area (Å²) in [6.45, 7) is 4.40. The lowest BCUT2D eigenvalue weighted by Gasteiger charge is -2.19. The Labute approximate surface area is 135 Å². The molecule has 2 aromatic rings. The van der Waals surface area contributed by atoms with Gasteiger partial charge in [-0.2, -0.15) is 0 Å². The van der Waals surface area contributed by atoms with Gasteiger partial charge in [0.15, 0.2) is 0 Å². The molecule has 1 unspecified atom stereocenters. The van der Waals surface area contributed by atoms with Crippen LogP contribution in [0.2, 0.25) is 0 Å². The van der Waals surface area contributed by atoms with Gasteiger partial charge < -0.3 is 14.4 Å². The number of carboxylic acids is 1. The number of fused-ring (bicyclic) bond motifs is 1. The monoisotopic (exact) mass is 318 g/mol. The number of aromatic carboxylic acids is 1. The molecule has 6 nitrogen and oxygen atoms in total. The zero-order valence-corrected chi connectivity index (χ0v) is 13.6. The zero-order chi connectivity index (χ0) is 17.0. The molecule has 0 amide bonds. The Balaban J connectivity index is 2.24. The molecule has 0 radical (unpaired) electrons. The fourth-order valence-electron chi connectivity index (χ4n) is 2.63. The number of ether oxygens (including phenoxy) is 1. The number of hydrogen-bond donors (Lipinski definition) is 2. The van der Waals surface area contributed by atoms with Crippen molar-refractivity contribution in [3.8, 4) is 0 Å². The third-order valence-electron chi connectivity index (χ3n) is 3.72. The zero-order valence-electron chi connectivity index (χ0n) is 13.6. The summed E-state index contributed by atoms with van der Waals surface area (Å²) in [6, 6.07) is 6.88. The average Bonchev–Trinajstić information content (AvgIpc) is 2.89. The van der Waals surface area contributed by atoms with Crippen molar-refractivity contribution in [1.82, 2.24) is 9.88 Å². The molecule has 1 aromatic heterocycles. The van der Waals surface area contributed by atoms with Crippen molar-refractivity contribution < 1.29 is 19.4 Å². The molecule has 0 spiro atoms. The quantitative estimate of drug-likeness (QED) is 0.767. The molecule has 1 heterocycles. The first kappa shape index (κ1) is 17.0. The Kier molecular flexibility index (Phi) is 5.39. The largest absolute Gasteiger partial charge is 0.478 e. The minimum absolute atomic E-state index is 0.251. The molecule has 23 heavy (non-hydrogen) atoms. The first-order chi connectivity index (χ1) is 10.9. The van der Waals surface area contributed by atoms with Gasteiger partial charge in [-0.3, -0.25) is 10.1 Å². The van der Waals surface area contributed by atoms with E-state index in [0.29, 0.717) is 24.4 Å². The molecule has 6 heteroatoms. The lowest BCUT2D eigenvalue weighted by molar-refractivity contribution is -0.143. The molecular formula is C17H22N2O4. The normalized spacial score (nSPS) is 12.5. The van der Waals surface area contributed by atoms with Gasteiger partial charge in [-0.25, -0.2) is 4.79 Å². The second kappa shape index (κ2) is 7.28. The van der Waals surface area contributed by atoms with Crippen LogP contribution in [0.5, 0.6) is 0 Å². The molecule has 0 aliphatic rings. The van der Waals surface area contributed by atoms with Crippen molar-refractivity contribution >= 4 is 22.8 Å². The minimum atomic E-state index is -0.966. The minimum Gasteiger partial charge on any atom is -0.478 e. The number of methoxy groups -OCH3 is 1. The van der Waals surface area contributed by atoms with E-state index in [9.17, 15) is 14.7 Å². The van der Waals surface area contributed by atoms with Crippen LogP contribution in [0.25, 0.3) is 10.9 Å². The van der Waals surface area contributed by atoms with Gasteiger partial charge in [0.1, 0.15) is 6.04 Å². The number of carbonyl (C=O) groups excluding carboxylic acids is 1. The van der Waals surface area contributed by atoms with Crippen LogP contribution in [-0.4, -0.2) is 34.8 Å². The number of benzene rings is 1. The molecule has 0 saturated carbocycles. The summed E-state index contributed by atoms with van der Waals surface area (Å²) in [4.78, 5) is 23.2. The Morgan fingerprint density at radius 1 is 1.30 bits per heavy atom. The number of nitrogens with one attached hydrogen (secondary N) is 1. The maximum absolute atomic E-state index is 11.9. The topological polar surface area (TPSA) is 80.6 Å². The van der Waals surface area contributed by atoms with Crippen LogP contribution in [0, 0.1) is 5.92 Å². The molecule has 0 bridgehead atoms. The van der Waals surface area contributed by atoms with Gasteiger partial charge in [0.25, 0.3) is 0 Å². The predicted molar refractivity (Wildman–Crippen MR) is 87.3 cm³/mol. The summed E-state index contributed by atoms with van der Waals surface area (Å²) in [7, 11) is 1.37. The summed E-state index contributed by atoms with van der Waals surface area (Å²) in [6.07, 6.45) is 2.24. The number of nitrogens with zero attached hydrogens (tertiary/aromatic N) is 1. The molecule has 1 aromatic carbocycles. The van der Waals surface area contributed by atoms with E-state index >= 15 is 0 Å². The lowest BCUT2D eigenvalue weighted by Crippen LogP contribution is -2.39. The van der Waals surface area contributed by atoms with Crippen molar-refractivity contribution in [2.45, 2.75) is 33.0 Å². The van der Waals surface area contributed by atoms with Crippen LogP contribution in [0.4, 0.5) is 0 Å². The Bertz CT molecular complexity index is 706. The van der Waals surface area contributed by atoms with Gasteiger partial charge >= 0.3 is 11.9 Å². The maximum atomic E-state index is 11.9.